The zero-order valence-electron chi connectivity index (χ0n) is 11.2. The van der Waals surface area contributed by atoms with Crippen LogP contribution in [0.3, 0.4) is 0 Å². The SMILES string of the molecule is N#Cc1[nH]nnc1-c1ccc(-c2cccc([N+](=O)[O-])c2)cc1. The molecule has 0 radical (unpaired) electrons. The number of rotatable bonds is 3. The molecule has 3 aromatic rings. The van der Waals surface area contributed by atoms with Crippen molar-refractivity contribution in [2.24, 2.45) is 0 Å². The van der Waals surface area contributed by atoms with Crippen molar-refractivity contribution in [2.75, 3.05) is 0 Å². The number of aromatic amines is 1. The highest BCUT2D eigenvalue weighted by molar-refractivity contribution is 5.71. The molecule has 3 rings (SSSR count). The minimum atomic E-state index is -0.424. The quantitative estimate of drug-likeness (QED) is 0.589. The Labute approximate surface area is 125 Å². The molecule has 22 heavy (non-hydrogen) atoms. The van der Waals surface area contributed by atoms with Gasteiger partial charge in [0.05, 0.1) is 4.92 Å². The lowest BCUT2D eigenvalue weighted by atomic mass is 10.0. The van der Waals surface area contributed by atoms with Crippen LogP contribution < -0.4 is 0 Å². The summed E-state index contributed by atoms with van der Waals surface area (Å²) in [6, 6.07) is 15.6. The first-order chi connectivity index (χ1) is 10.7. The summed E-state index contributed by atoms with van der Waals surface area (Å²) in [5, 5.41) is 29.8. The van der Waals surface area contributed by atoms with Crippen LogP contribution in [0.4, 0.5) is 5.69 Å². The summed E-state index contributed by atoms with van der Waals surface area (Å²) < 4.78 is 0. The third-order valence-corrected chi connectivity index (χ3v) is 3.21. The van der Waals surface area contributed by atoms with Gasteiger partial charge in [0.15, 0.2) is 5.69 Å². The monoisotopic (exact) mass is 291 g/mol. The van der Waals surface area contributed by atoms with Crippen molar-refractivity contribution in [3.8, 4) is 28.5 Å². The predicted octanol–water partition coefficient (Wildman–Crippen LogP) is 2.92. The van der Waals surface area contributed by atoms with Crippen LogP contribution in [0.2, 0.25) is 0 Å². The second-order valence-corrected chi connectivity index (χ2v) is 4.53. The lowest BCUT2D eigenvalue weighted by molar-refractivity contribution is -0.384. The Hall–Kier alpha value is -3.53. The van der Waals surface area contributed by atoms with Gasteiger partial charge in [-0.05, 0) is 11.1 Å². The molecule has 0 unspecified atom stereocenters. The summed E-state index contributed by atoms with van der Waals surface area (Å²) in [5.41, 5.74) is 3.16. The molecule has 2 aromatic carbocycles. The standard InChI is InChI=1S/C15H9N5O2/c16-9-14-15(18-19-17-14)11-6-4-10(5-7-11)12-2-1-3-13(8-12)20(21)22/h1-8H,(H,17,18,19). The summed E-state index contributed by atoms with van der Waals surface area (Å²) in [6.45, 7) is 0. The normalized spacial score (nSPS) is 10.1. The Balaban J connectivity index is 1.97. The third kappa shape index (κ3) is 2.41. The Morgan fingerprint density at radius 1 is 1.09 bits per heavy atom. The summed E-state index contributed by atoms with van der Waals surface area (Å²) in [5.74, 6) is 0. The van der Waals surface area contributed by atoms with Gasteiger partial charge in [-0.3, -0.25) is 10.1 Å². The molecule has 0 bridgehead atoms. The van der Waals surface area contributed by atoms with Crippen molar-refractivity contribution in [1.82, 2.24) is 15.4 Å². The topological polar surface area (TPSA) is 108 Å². The maximum atomic E-state index is 10.8. The maximum Gasteiger partial charge on any atom is 0.270 e. The number of nitriles is 1. The second kappa shape index (κ2) is 5.46. The second-order valence-electron chi connectivity index (χ2n) is 4.53. The zero-order chi connectivity index (χ0) is 15.5. The van der Waals surface area contributed by atoms with E-state index in [1.54, 1.807) is 24.3 Å². The first-order valence-corrected chi connectivity index (χ1v) is 6.35. The van der Waals surface area contributed by atoms with Gasteiger partial charge in [-0.25, -0.2) is 5.10 Å². The molecule has 0 saturated heterocycles. The molecular formula is C15H9N5O2. The summed E-state index contributed by atoms with van der Waals surface area (Å²) >= 11 is 0. The van der Waals surface area contributed by atoms with Gasteiger partial charge >= 0.3 is 0 Å². The molecule has 1 aromatic heterocycles. The lowest BCUT2D eigenvalue weighted by Crippen LogP contribution is -1.88. The van der Waals surface area contributed by atoms with E-state index < -0.39 is 4.92 Å². The molecule has 0 atom stereocenters. The van der Waals surface area contributed by atoms with Gasteiger partial charge in [-0.2, -0.15) is 5.26 Å². The molecule has 7 nitrogen and oxygen atoms in total. The highest BCUT2D eigenvalue weighted by Gasteiger charge is 2.10. The fraction of sp³-hybridized carbons (Fsp3) is 0. The van der Waals surface area contributed by atoms with E-state index in [0.29, 0.717) is 11.4 Å². The number of nitro benzene ring substituents is 1. The first-order valence-electron chi connectivity index (χ1n) is 6.35. The number of benzene rings is 2. The van der Waals surface area contributed by atoms with Gasteiger partial charge < -0.3 is 0 Å². The van der Waals surface area contributed by atoms with E-state index in [1.165, 1.54) is 12.1 Å². The Kier molecular flexibility index (Phi) is 3.34. The number of nitrogens with zero attached hydrogens (tertiary/aromatic N) is 4. The minimum absolute atomic E-state index is 0.0462. The largest absolute Gasteiger partial charge is 0.270 e. The van der Waals surface area contributed by atoms with Gasteiger partial charge in [0, 0.05) is 17.7 Å². The van der Waals surface area contributed by atoms with Gasteiger partial charge in [-0.1, -0.05) is 41.6 Å². The smallest absolute Gasteiger partial charge is 0.258 e. The molecule has 0 spiro atoms. The number of nitrogens with one attached hydrogen (secondary N) is 1. The van der Waals surface area contributed by atoms with Crippen molar-refractivity contribution in [1.29, 1.82) is 5.26 Å². The Morgan fingerprint density at radius 3 is 2.50 bits per heavy atom. The van der Waals surface area contributed by atoms with Crippen LogP contribution >= 0.6 is 0 Å². The summed E-state index contributed by atoms with van der Waals surface area (Å²) in [7, 11) is 0. The third-order valence-electron chi connectivity index (χ3n) is 3.21. The van der Waals surface area contributed by atoms with Crippen LogP contribution in [0.25, 0.3) is 22.4 Å². The van der Waals surface area contributed by atoms with Crippen LogP contribution in [0.15, 0.2) is 48.5 Å². The van der Waals surface area contributed by atoms with E-state index in [4.69, 9.17) is 5.26 Å². The van der Waals surface area contributed by atoms with E-state index in [0.717, 1.165) is 16.7 Å². The fourth-order valence-corrected chi connectivity index (χ4v) is 2.13. The Morgan fingerprint density at radius 2 is 1.82 bits per heavy atom. The number of non-ortho nitro benzene ring substituents is 1. The molecule has 0 aliphatic rings. The molecule has 7 heteroatoms. The number of hydrogen-bond acceptors (Lipinski definition) is 5. The summed E-state index contributed by atoms with van der Waals surface area (Å²) in [6.07, 6.45) is 0. The van der Waals surface area contributed by atoms with E-state index in [1.807, 2.05) is 18.2 Å². The number of nitro groups is 1. The number of aromatic nitrogens is 3. The Bertz CT molecular complexity index is 877. The molecule has 106 valence electrons. The van der Waals surface area contributed by atoms with E-state index in [2.05, 4.69) is 15.4 Å². The van der Waals surface area contributed by atoms with Crippen molar-refractivity contribution >= 4 is 5.69 Å². The maximum absolute atomic E-state index is 10.8. The molecule has 0 fully saturated rings. The predicted molar refractivity (Wildman–Crippen MR) is 78.6 cm³/mol. The van der Waals surface area contributed by atoms with Crippen molar-refractivity contribution < 1.29 is 4.92 Å². The molecule has 0 saturated carbocycles. The zero-order valence-corrected chi connectivity index (χ0v) is 11.2. The molecule has 0 aliphatic carbocycles. The summed E-state index contributed by atoms with van der Waals surface area (Å²) in [4.78, 5) is 10.4. The molecular weight excluding hydrogens is 282 g/mol. The van der Waals surface area contributed by atoms with Gasteiger partial charge in [0.1, 0.15) is 11.8 Å². The number of H-pyrrole nitrogens is 1. The van der Waals surface area contributed by atoms with E-state index in [9.17, 15) is 10.1 Å². The average Bonchev–Trinajstić information content (AvgIpc) is 3.04. The molecule has 0 aliphatic heterocycles. The molecule has 0 amide bonds. The van der Waals surface area contributed by atoms with Crippen molar-refractivity contribution in [3.63, 3.8) is 0 Å². The van der Waals surface area contributed by atoms with Gasteiger partial charge in [0.25, 0.3) is 5.69 Å². The lowest BCUT2D eigenvalue weighted by Gasteiger charge is -2.03. The van der Waals surface area contributed by atoms with Crippen LogP contribution in [-0.2, 0) is 0 Å². The average molecular weight is 291 g/mol. The van der Waals surface area contributed by atoms with Crippen LogP contribution in [-0.4, -0.2) is 20.3 Å². The number of hydrogen-bond donors (Lipinski definition) is 1. The molecule has 1 N–H and O–H groups in total. The minimum Gasteiger partial charge on any atom is -0.258 e. The first kappa shape index (κ1) is 13.5. The van der Waals surface area contributed by atoms with E-state index in [-0.39, 0.29) is 5.69 Å². The van der Waals surface area contributed by atoms with Crippen molar-refractivity contribution in [2.45, 2.75) is 0 Å². The van der Waals surface area contributed by atoms with E-state index >= 15 is 0 Å². The van der Waals surface area contributed by atoms with Crippen LogP contribution in [0, 0.1) is 21.4 Å². The van der Waals surface area contributed by atoms with Gasteiger partial charge in [-0.15, -0.1) is 5.10 Å². The molecule has 1 heterocycles. The van der Waals surface area contributed by atoms with Crippen molar-refractivity contribution in [3.05, 3.63) is 64.3 Å². The van der Waals surface area contributed by atoms with Crippen LogP contribution in [0.5, 0.6) is 0 Å². The highest BCUT2D eigenvalue weighted by Crippen LogP contribution is 2.27. The fourth-order valence-electron chi connectivity index (χ4n) is 2.13. The highest BCUT2D eigenvalue weighted by atomic mass is 16.6. The van der Waals surface area contributed by atoms with Crippen LogP contribution in [0.1, 0.15) is 5.69 Å². The van der Waals surface area contributed by atoms with Gasteiger partial charge in [0.2, 0.25) is 0 Å².